The zero-order valence-corrected chi connectivity index (χ0v) is 22.3. The average Bonchev–Trinajstić information content (AvgIpc) is 3.24. The molecule has 3 aliphatic heterocycles. The number of rotatable bonds is 4. The molecule has 1 N–H and O–H groups in total. The van der Waals surface area contributed by atoms with Crippen molar-refractivity contribution in [3.63, 3.8) is 0 Å². The Labute approximate surface area is 215 Å². The number of aromatic nitrogens is 2. The summed E-state index contributed by atoms with van der Waals surface area (Å²) in [5.74, 6) is 0.493. The highest BCUT2D eigenvalue weighted by Crippen LogP contribution is 2.61. The summed E-state index contributed by atoms with van der Waals surface area (Å²) >= 11 is 0. The molecular weight excluding hydrogens is 484 g/mol. The van der Waals surface area contributed by atoms with Gasteiger partial charge >= 0.3 is 18.2 Å². The SMILES string of the molecule is CC(C)(C)OC(=O)N1CC(N(Cc2nnc([C@@H]3CC4(CC4)[C@@H]4CN3C(=O)N4O)o2)C(=O)OC(C)(C)C)C1. The minimum atomic E-state index is -0.715. The Balaban J connectivity index is 1.29. The lowest BCUT2D eigenvalue weighted by atomic mass is 9.85. The number of carbonyl (C=O) groups is 3. The summed E-state index contributed by atoms with van der Waals surface area (Å²) in [5.41, 5.74) is -1.45. The molecule has 37 heavy (non-hydrogen) atoms. The highest BCUT2D eigenvalue weighted by atomic mass is 16.6. The number of urea groups is 1. The summed E-state index contributed by atoms with van der Waals surface area (Å²) in [4.78, 5) is 42.7. The molecule has 1 spiro atoms. The Morgan fingerprint density at radius 2 is 1.73 bits per heavy atom. The van der Waals surface area contributed by atoms with Crippen LogP contribution in [0.1, 0.15) is 78.6 Å². The summed E-state index contributed by atoms with van der Waals surface area (Å²) in [5, 5.41) is 19.5. The maximum absolute atomic E-state index is 13.1. The monoisotopic (exact) mass is 520 g/mol. The molecule has 2 atom stereocenters. The molecule has 1 aromatic rings. The summed E-state index contributed by atoms with van der Waals surface area (Å²) in [6.07, 6.45) is 1.53. The molecular formula is C24H36N6O7. The van der Waals surface area contributed by atoms with Gasteiger partial charge in [0.15, 0.2) is 0 Å². The molecule has 4 amide bonds. The van der Waals surface area contributed by atoms with Gasteiger partial charge in [-0.3, -0.25) is 10.1 Å². The second-order valence-electron chi connectivity index (χ2n) is 12.6. The van der Waals surface area contributed by atoms with E-state index in [0.29, 0.717) is 13.0 Å². The number of hydrogen-bond donors (Lipinski definition) is 1. The molecule has 13 nitrogen and oxygen atoms in total. The zero-order chi connectivity index (χ0) is 26.9. The van der Waals surface area contributed by atoms with Crippen LogP contribution in [0.5, 0.6) is 0 Å². The predicted octanol–water partition coefficient (Wildman–Crippen LogP) is 3.15. The van der Waals surface area contributed by atoms with Gasteiger partial charge in [0.1, 0.15) is 23.8 Å². The minimum absolute atomic E-state index is 0.00466. The predicted molar refractivity (Wildman–Crippen MR) is 126 cm³/mol. The van der Waals surface area contributed by atoms with Crippen LogP contribution in [0, 0.1) is 5.41 Å². The molecule has 1 saturated carbocycles. The van der Waals surface area contributed by atoms with Crippen molar-refractivity contribution in [2.45, 2.75) is 96.7 Å². The number of hydroxylamine groups is 2. The van der Waals surface area contributed by atoms with Crippen molar-refractivity contribution in [1.82, 2.24) is 30.0 Å². The van der Waals surface area contributed by atoms with E-state index < -0.39 is 35.5 Å². The smallest absolute Gasteiger partial charge is 0.411 e. The van der Waals surface area contributed by atoms with Gasteiger partial charge in [0, 0.05) is 19.6 Å². The maximum Gasteiger partial charge on any atom is 0.411 e. The van der Waals surface area contributed by atoms with Crippen molar-refractivity contribution >= 4 is 18.2 Å². The standard InChI is InChI=1S/C24H36N6O7/c1-22(2,3)36-20(32)27-10-14(11-27)28(21(33)37-23(4,5)6)13-17-25-26-18(35-17)15-9-24(7-8-24)16-12-29(15)19(31)30(16)34/h14-16,34H,7-13H2,1-6H3/t15-,16-/m0/s1. The van der Waals surface area contributed by atoms with Gasteiger partial charge in [0.25, 0.3) is 0 Å². The van der Waals surface area contributed by atoms with E-state index in [1.807, 2.05) is 0 Å². The normalized spacial score (nSPS) is 24.8. The van der Waals surface area contributed by atoms with Crippen molar-refractivity contribution in [2.75, 3.05) is 19.6 Å². The molecule has 0 aromatic carbocycles. The zero-order valence-electron chi connectivity index (χ0n) is 22.3. The highest BCUT2D eigenvalue weighted by Gasteiger charge is 2.63. The first kappa shape index (κ1) is 25.6. The molecule has 0 unspecified atom stereocenters. The Morgan fingerprint density at radius 1 is 1.08 bits per heavy atom. The van der Waals surface area contributed by atoms with Gasteiger partial charge in [-0.05, 0) is 66.2 Å². The van der Waals surface area contributed by atoms with Crippen LogP contribution in [0.4, 0.5) is 14.4 Å². The summed E-state index contributed by atoms with van der Waals surface area (Å²) in [6, 6.07) is -1.39. The number of likely N-dealkylation sites (tertiary alicyclic amines) is 1. The van der Waals surface area contributed by atoms with Crippen LogP contribution in [0.2, 0.25) is 0 Å². The van der Waals surface area contributed by atoms with Crippen LogP contribution < -0.4 is 0 Å². The van der Waals surface area contributed by atoms with E-state index in [-0.39, 0.29) is 48.9 Å². The molecule has 13 heteroatoms. The highest BCUT2D eigenvalue weighted by molar-refractivity contribution is 5.77. The molecule has 5 rings (SSSR count). The summed E-state index contributed by atoms with van der Waals surface area (Å²) < 4.78 is 17.0. The van der Waals surface area contributed by atoms with E-state index >= 15 is 0 Å². The van der Waals surface area contributed by atoms with Crippen molar-refractivity contribution < 1.29 is 33.5 Å². The van der Waals surface area contributed by atoms with Crippen LogP contribution in [-0.2, 0) is 16.0 Å². The fourth-order valence-corrected chi connectivity index (χ4v) is 5.27. The van der Waals surface area contributed by atoms with E-state index in [0.717, 1.165) is 17.9 Å². The number of hydrogen-bond acceptors (Lipinski definition) is 9. The molecule has 204 valence electrons. The maximum atomic E-state index is 13.1. The number of ether oxygens (including phenoxy) is 2. The van der Waals surface area contributed by atoms with Gasteiger partial charge in [-0.25, -0.2) is 19.4 Å². The van der Waals surface area contributed by atoms with E-state index in [9.17, 15) is 19.6 Å². The molecule has 4 heterocycles. The molecule has 0 radical (unpaired) electrons. The van der Waals surface area contributed by atoms with Gasteiger partial charge in [-0.15, -0.1) is 10.2 Å². The average molecular weight is 521 g/mol. The Morgan fingerprint density at radius 3 is 2.32 bits per heavy atom. The summed E-state index contributed by atoms with van der Waals surface area (Å²) in [6.45, 7) is 11.7. The molecule has 3 saturated heterocycles. The third-order valence-corrected chi connectivity index (χ3v) is 7.34. The van der Waals surface area contributed by atoms with E-state index in [1.54, 1.807) is 46.4 Å². The number of amides is 4. The third kappa shape index (κ3) is 4.92. The van der Waals surface area contributed by atoms with E-state index in [2.05, 4.69) is 10.2 Å². The quantitative estimate of drug-likeness (QED) is 0.592. The van der Waals surface area contributed by atoms with E-state index in [4.69, 9.17) is 13.9 Å². The summed E-state index contributed by atoms with van der Waals surface area (Å²) in [7, 11) is 0. The van der Waals surface area contributed by atoms with Crippen molar-refractivity contribution in [3.8, 4) is 0 Å². The first-order chi connectivity index (χ1) is 17.2. The fourth-order valence-electron chi connectivity index (χ4n) is 5.27. The largest absolute Gasteiger partial charge is 0.444 e. The van der Waals surface area contributed by atoms with Gasteiger partial charge < -0.3 is 23.7 Å². The van der Waals surface area contributed by atoms with Crippen molar-refractivity contribution in [2.24, 2.45) is 5.41 Å². The number of fused-ring (bicyclic) bond motifs is 3. The second kappa shape index (κ2) is 8.47. The van der Waals surface area contributed by atoms with E-state index in [1.165, 1.54) is 9.80 Å². The molecule has 2 bridgehead atoms. The first-order valence-electron chi connectivity index (χ1n) is 12.7. The van der Waals surface area contributed by atoms with Gasteiger partial charge in [-0.1, -0.05) is 0 Å². The first-order valence-corrected chi connectivity index (χ1v) is 12.7. The van der Waals surface area contributed by atoms with Gasteiger partial charge in [0.05, 0.1) is 12.1 Å². The molecule has 1 aromatic heterocycles. The van der Waals surface area contributed by atoms with Gasteiger partial charge in [-0.2, -0.15) is 0 Å². The van der Waals surface area contributed by atoms with Crippen LogP contribution in [0.15, 0.2) is 4.42 Å². The van der Waals surface area contributed by atoms with Crippen molar-refractivity contribution in [3.05, 3.63) is 11.8 Å². The number of piperidine rings is 1. The lowest BCUT2D eigenvalue weighted by Crippen LogP contribution is -2.63. The van der Waals surface area contributed by atoms with Crippen LogP contribution in [-0.4, -0.2) is 96.3 Å². The lowest BCUT2D eigenvalue weighted by Gasteiger charge is -2.44. The fraction of sp³-hybridized carbons (Fsp3) is 0.792. The Kier molecular flexibility index (Phi) is 5.85. The number of carbonyl (C=O) groups excluding carboxylic acids is 3. The lowest BCUT2D eigenvalue weighted by molar-refractivity contribution is -0.0783. The van der Waals surface area contributed by atoms with Crippen LogP contribution >= 0.6 is 0 Å². The molecule has 4 fully saturated rings. The Bertz CT molecular complexity index is 1080. The second-order valence-corrected chi connectivity index (χ2v) is 12.6. The minimum Gasteiger partial charge on any atom is -0.444 e. The Hall–Kier alpha value is -3.09. The molecule has 1 aliphatic carbocycles. The van der Waals surface area contributed by atoms with Crippen LogP contribution in [0.3, 0.4) is 0 Å². The number of nitrogens with zero attached hydrogens (tertiary/aromatic N) is 6. The third-order valence-electron chi connectivity index (χ3n) is 7.34. The van der Waals surface area contributed by atoms with Crippen LogP contribution in [0.25, 0.3) is 0 Å². The van der Waals surface area contributed by atoms with Gasteiger partial charge in [0.2, 0.25) is 11.8 Å². The topological polar surface area (TPSA) is 142 Å². The van der Waals surface area contributed by atoms with Crippen molar-refractivity contribution in [1.29, 1.82) is 0 Å². The molecule has 4 aliphatic rings.